The van der Waals surface area contributed by atoms with Crippen LogP contribution in [0.2, 0.25) is 0 Å². The van der Waals surface area contributed by atoms with Crippen molar-refractivity contribution in [3.8, 4) is 11.1 Å². The molecular formula is C21H25Br. The predicted octanol–water partition coefficient (Wildman–Crippen LogP) is 7.31. The van der Waals surface area contributed by atoms with Crippen molar-refractivity contribution in [2.45, 2.75) is 57.8 Å². The van der Waals surface area contributed by atoms with Gasteiger partial charge in [-0.25, -0.2) is 0 Å². The zero-order chi connectivity index (χ0) is 15.4. The van der Waals surface area contributed by atoms with Crippen molar-refractivity contribution in [3.63, 3.8) is 0 Å². The molecule has 0 heterocycles. The molecule has 2 aromatic carbocycles. The van der Waals surface area contributed by atoms with Crippen molar-refractivity contribution in [3.05, 3.63) is 58.1 Å². The number of halogens is 1. The lowest BCUT2D eigenvalue weighted by molar-refractivity contribution is 0.571. The molecule has 0 saturated carbocycles. The van der Waals surface area contributed by atoms with E-state index in [1.165, 1.54) is 71.7 Å². The van der Waals surface area contributed by atoms with Gasteiger partial charge in [0, 0.05) is 10.4 Å². The predicted molar refractivity (Wildman–Crippen MR) is 99.4 cm³/mol. The first-order valence-electron chi connectivity index (χ1n) is 8.70. The lowest BCUT2D eigenvalue weighted by Crippen LogP contribution is -1.97. The largest absolute Gasteiger partial charge is 0.0654 e. The van der Waals surface area contributed by atoms with Gasteiger partial charge in [-0.2, -0.15) is 0 Å². The maximum Gasteiger partial charge on any atom is 0.0178 e. The Balaban J connectivity index is 1.72. The van der Waals surface area contributed by atoms with E-state index in [-0.39, 0.29) is 0 Å². The van der Waals surface area contributed by atoms with E-state index in [9.17, 15) is 0 Å². The smallest absolute Gasteiger partial charge is 0.0178 e. The molecule has 1 unspecified atom stereocenters. The van der Waals surface area contributed by atoms with Gasteiger partial charge in [-0.1, -0.05) is 91.7 Å². The minimum Gasteiger partial charge on any atom is -0.0654 e. The van der Waals surface area contributed by atoms with Crippen LogP contribution in [0.15, 0.2) is 46.9 Å². The van der Waals surface area contributed by atoms with Crippen molar-refractivity contribution in [2.75, 3.05) is 0 Å². The number of hydrogen-bond acceptors (Lipinski definition) is 0. The number of rotatable bonds is 7. The second-order valence-corrected chi connectivity index (χ2v) is 7.34. The molecular weight excluding hydrogens is 332 g/mol. The summed E-state index contributed by atoms with van der Waals surface area (Å²) >= 11 is 3.65. The summed E-state index contributed by atoms with van der Waals surface area (Å²) in [4.78, 5) is 0. The highest BCUT2D eigenvalue weighted by molar-refractivity contribution is 9.10. The Morgan fingerprint density at radius 3 is 2.41 bits per heavy atom. The molecule has 3 rings (SSSR count). The maximum atomic E-state index is 3.65. The lowest BCUT2D eigenvalue weighted by Gasteiger charge is -2.13. The van der Waals surface area contributed by atoms with E-state index < -0.39 is 0 Å². The van der Waals surface area contributed by atoms with Gasteiger partial charge < -0.3 is 0 Å². The SMILES string of the molecule is CCCCCCCCC1c2ccccc2-c2ccc(Br)cc21. The molecule has 0 N–H and O–H groups in total. The van der Waals surface area contributed by atoms with Gasteiger partial charge >= 0.3 is 0 Å². The van der Waals surface area contributed by atoms with Crippen LogP contribution in [-0.4, -0.2) is 0 Å². The normalized spacial score (nSPS) is 15.6. The molecule has 0 aliphatic heterocycles. The first-order chi connectivity index (χ1) is 10.8. The highest BCUT2D eigenvalue weighted by atomic mass is 79.9. The molecule has 1 aliphatic carbocycles. The average molecular weight is 357 g/mol. The fraction of sp³-hybridized carbons (Fsp3) is 0.429. The lowest BCUT2D eigenvalue weighted by atomic mass is 9.91. The van der Waals surface area contributed by atoms with Crippen LogP contribution in [0.25, 0.3) is 11.1 Å². The number of hydrogen-bond donors (Lipinski definition) is 0. The van der Waals surface area contributed by atoms with E-state index in [4.69, 9.17) is 0 Å². The van der Waals surface area contributed by atoms with Gasteiger partial charge in [0.2, 0.25) is 0 Å². The van der Waals surface area contributed by atoms with E-state index >= 15 is 0 Å². The summed E-state index contributed by atoms with van der Waals surface area (Å²) in [6.45, 7) is 2.28. The highest BCUT2D eigenvalue weighted by Gasteiger charge is 2.27. The summed E-state index contributed by atoms with van der Waals surface area (Å²) in [5.74, 6) is 0.592. The molecule has 116 valence electrons. The molecule has 0 spiro atoms. The zero-order valence-corrected chi connectivity index (χ0v) is 15.0. The number of benzene rings is 2. The first-order valence-corrected chi connectivity index (χ1v) is 9.49. The van der Waals surface area contributed by atoms with Gasteiger partial charge in [-0.05, 0) is 40.8 Å². The Kier molecular flexibility index (Phi) is 5.36. The van der Waals surface area contributed by atoms with Crippen LogP contribution in [0.4, 0.5) is 0 Å². The average Bonchev–Trinajstić information content (AvgIpc) is 2.84. The van der Waals surface area contributed by atoms with E-state index in [1.54, 1.807) is 0 Å². The fourth-order valence-electron chi connectivity index (χ4n) is 3.72. The second kappa shape index (κ2) is 7.46. The van der Waals surface area contributed by atoms with Crippen LogP contribution < -0.4 is 0 Å². The molecule has 1 heteroatoms. The van der Waals surface area contributed by atoms with Gasteiger partial charge in [-0.15, -0.1) is 0 Å². The third-order valence-electron chi connectivity index (χ3n) is 4.86. The van der Waals surface area contributed by atoms with Crippen molar-refractivity contribution in [1.29, 1.82) is 0 Å². The quantitative estimate of drug-likeness (QED) is 0.456. The monoisotopic (exact) mass is 356 g/mol. The Labute approximate surface area is 143 Å². The minimum absolute atomic E-state index is 0.592. The topological polar surface area (TPSA) is 0 Å². The molecule has 0 amide bonds. The Bertz CT molecular complexity index is 630. The van der Waals surface area contributed by atoms with Crippen LogP contribution >= 0.6 is 15.9 Å². The van der Waals surface area contributed by atoms with Gasteiger partial charge in [0.05, 0.1) is 0 Å². The van der Waals surface area contributed by atoms with Crippen molar-refractivity contribution in [2.24, 2.45) is 0 Å². The molecule has 1 aliphatic rings. The maximum absolute atomic E-state index is 3.65. The van der Waals surface area contributed by atoms with Crippen LogP contribution in [0, 0.1) is 0 Å². The molecule has 0 radical (unpaired) electrons. The van der Waals surface area contributed by atoms with Gasteiger partial charge in [0.1, 0.15) is 0 Å². The highest BCUT2D eigenvalue weighted by Crippen LogP contribution is 2.47. The van der Waals surface area contributed by atoms with E-state index in [0.717, 1.165) is 0 Å². The zero-order valence-electron chi connectivity index (χ0n) is 13.4. The number of unbranched alkanes of at least 4 members (excludes halogenated alkanes) is 5. The van der Waals surface area contributed by atoms with Crippen LogP contribution in [0.1, 0.15) is 68.9 Å². The van der Waals surface area contributed by atoms with Crippen LogP contribution in [-0.2, 0) is 0 Å². The Morgan fingerprint density at radius 2 is 1.55 bits per heavy atom. The molecule has 22 heavy (non-hydrogen) atoms. The molecule has 0 bridgehead atoms. The fourth-order valence-corrected chi connectivity index (χ4v) is 4.10. The minimum atomic E-state index is 0.592. The van der Waals surface area contributed by atoms with Gasteiger partial charge in [0.15, 0.2) is 0 Å². The summed E-state index contributed by atoms with van der Waals surface area (Å²) in [5, 5.41) is 0. The van der Waals surface area contributed by atoms with Gasteiger partial charge in [0.25, 0.3) is 0 Å². The summed E-state index contributed by atoms with van der Waals surface area (Å²) in [5.41, 5.74) is 5.93. The molecule has 0 fully saturated rings. The summed E-state index contributed by atoms with van der Waals surface area (Å²) < 4.78 is 1.20. The van der Waals surface area contributed by atoms with E-state index in [0.29, 0.717) is 5.92 Å². The summed E-state index contributed by atoms with van der Waals surface area (Å²) in [6, 6.07) is 15.7. The third kappa shape index (κ3) is 3.30. The number of fused-ring (bicyclic) bond motifs is 3. The summed E-state index contributed by atoms with van der Waals surface area (Å²) in [7, 11) is 0. The van der Waals surface area contributed by atoms with Crippen molar-refractivity contribution in [1.82, 2.24) is 0 Å². The molecule has 2 aromatic rings. The van der Waals surface area contributed by atoms with E-state index in [2.05, 4.69) is 65.3 Å². The van der Waals surface area contributed by atoms with Crippen molar-refractivity contribution >= 4 is 15.9 Å². The molecule has 1 atom stereocenters. The Morgan fingerprint density at radius 1 is 0.818 bits per heavy atom. The molecule has 0 aromatic heterocycles. The first kappa shape index (κ1) is 15.8. The second-order valence-electron chi connectivity index (χ2n) is 6.43. The molecule has 0 saturated heterocycles. The third-order valence-corrected chi connectivity index (χ3v) is 5.36. The van der Waals surface area contributed by atoms with Gasteiger partial charge in [-0.3, -0.25) is 0 Å². The Hall–Kier alpha value is -1.08. The summed E-state index contributed by atoms with van der Waals surface area (Å²) in [6.07, 6.45) is 9.52. The van der Waals surface area contributed by atoms with Crippen LogP contribution in [0.5, 0.6) is 0 Å². The standard InChI is InChI=1S/C21H25Br/c1-2-3-4-5-6-7-10-19-17-11-8-9-12-18(17)20-14-13-16(22)15-21(19)20/h8-9,11-15,19H,2-7,10H2,1H3. The van der Waals surface area contributed by atoms with E-state index in [1.807, 2.05) is 0 Å². The van der Waals surface area contributed by atoms with Crippen molar-refractivity contribution < 1.29 is 0 Å². The molecule has 0 nitrogen and oxygen atoms in total. The van der Waals surface area contributed by atoms with Crippen LogP contribution in [0.3, 0.4) is 0 Å².